The maximum absolute atomic E-state index is 6.09. The van der Waals surface area contributed by atoms with Gasteiger partial charge >= 0.3 is 0 Å². The fourth-order valence-corrected chi connectivity index (χ4v) is 3.85. The van der Waals surface area contributed by atoms with Gasteiger partial charge in [0, 0.05) is 11.1 Å². The van der Waals surface area contributed by atoms with Crippen LogP contribution < -0.4 is 5.32 Å². The average Bonchev–Trinajstić information content (AvgIpc) is 2.45. The molecule has 1 saturated carbocycles. The second-order valence-corrected chi connectivity index (χ2v) is 7.08. The van der Waals surface area contributed by atoms with Gasteiger partial charge in [-0.25, -0.2) is 0 Å². The minimum Gasteiger partial charge on any atom is -0.316 e. The van der Waals surface area contributed by atoms with E-state index in [0.29, 0.717) is 6.04 Å². The molecule has 2 rings (SSSR count). The van der Waals surface area contributed by atoms with Crippen LogP contribution in [-0.2, 0) is 6.42 Å². The average molecular weight is 294 g/mol. The lowest BCUT2D eigenvalue weighted by Gasteiger charge is -2.35. The second-order valence-electron chi connectivity index (χ2n) is 6.65. The van der Waals surface area contributed by atoms with Crippen molar-refractivity contribution in [1.82, 2.24) is 5.32 Å². The molecule has 0 aromatic heterocycles. The van der Waals surface area contributed by atoms with Crippen molar-refractivity contribution in [2.75, 3.05) is 7.05 Å². The quantitative estimate of drug-likeness (QED) is 0.811. The molecule has 0 heterocycles. The van der Waals surface area contributed by atoms with Gasteiger partial charge in [0.25, 0.3) is 0 Å². The summed E-state index contributed by atoms with van der Waals surface area (Å²) in [6.07, 6.45) is 6.63. The first kappa shape index (κ1) is 15.9. The van der Waals surface area contributed by atoms with E-state index in [2.05, 4.69) is 44.4 Å². The number of halogens is 1. The number of rotatable bonds is 5. The smallest absolute Gasteiger partial charge is 0.0408 e. The summed E-state index contributed by atoms with van der Waals surface area (Å²) in [5.41, 5.74) is 1.35. The van der Waals surface area contributed by atoms with E-state index in [9.17, 15) is 0 Å². The van der Waals surface area contributed by atoms with Crippen LogP contribution >= 0.6 is 11.6 Å². The Balaban J connectivity index is 1.92. The van der Waals surface area contributed by atoms with E-state index < -0.39 is 0 Å². The van der Waals surface area contributed by atoms with Crippen molar-refractivity contribution >= 4 is 11.6 Å². The zero-order valence-electron chi connectivity index (χ0n) is 13.0. The summed E-state index contributed by atoms with van der Waals surface area (Å²) in [7, 11) is 2.10. The first-order chi connectivity index (χ1) is 9.60. The molecule has 1 aliphatic carbocycles. The molecule has 0 amide bonds. The summed E-state index contributed by atoms with van der Waals surface area (Å²) in [5.74, 6) is 2.60. The molecule has 1 atom stereocenters. The third-order valence-electron chi connectivity index (χ3n) is 5.04. The monoisotopic (exact) mass is 293 g/mol. The van der Waals surface area contributed by atoms with Crippen LogP contribution in [0.15, 0.2) is 24.3 Å². The van der Waals surface area contributed by atoms with Crippen molar-refractivity contribution in [3.05, 3.63) is 34.9 Å². The molecule has 0 radical (unpaired) electrons. The molecule has 0 saturated heterocycles. The highest BCUT2D eigenvalue weighted by molar-refractivity contribution is 6.30. The van der Waals surface area contributed by atoms with Crippen LogP contribution in [0.1, 0.15) is 45.1 Å². The van der Waals surface area contributed by atoms with E-state index in [1.165, 1.54) is 31.2 Å². The van der Waals surface area contributed by atoms with E-state index >= 15 is 0 Å². The summed E-state index contributed by atoms with van der Waals surface area (Å²) in [6.45, 7) is 4.74. The van der Waals surface area contributed by atoms with Crippen LogP contribution in [0.3, 0.4) is 0 Å². The van der Waals surface area contributed by atoms with Crippen LogP contribution in [0.25, 0.3) is 0 Å². The fourth-order valence-electron chi connectivity index (χ4n) is 3.64. The topological polar surface area (TPSA) is 12.0 Å². The zero-order valence-corrected chi connectivity index (χ0v) is 13.8. The van der Waals surface area contributed by atoms with E-state index in [1.807, 2.05) is 6.07 Å². The third kappa shape index (κ3) is 4.23. The SMILES string of the molecule is CNC(Cc1cccc(Cl)c1)C1CCC(C(C)C)CC1. The zero-order chi connectivity index (χ0) is 14.5. The van der Waals surface area contributed by atoms with Gasteiger partial charge in [0.15, 0.2) is 0 Å². The van der Waals surface area contributed by atoms with Crippen molar-refractivity contribution in [3.8, 4) is 0 Å². The molecule has 0 spiro atoms. The Bertz CT molecular complexity index is 408. The van der Waals surface area contributed by atoms with Crippen molar-refractivity contribution < 1.29 is 0 Å². The molecule has 112 valence electrons. The highest BCUT2D eigenvalue weighted by atomic mass is 35.5. The Kier molecular flexibility index (Phi) is 5.92. The van der Waals surface area contributed by atoms with Gasteiger partial charge in [-0.1, -0.05) is 37.6 Å². The van der Waals surface area contributed by atoms with Gasteiger partial charge in [0.2, 0.25) is 0 Å². The Hall–Kier alpha value is -0.530. The molecular formula is C18H28ClN. The Morgan fingerprint density at radius 3 is 2.35 bits per heavy atom. The van der Waals surface area contributed by atoms with Crippen molar-refractivity contribution in [2.45, 2.75) is 52.0 Å². The predicted molar refractivity (Wildman–Crippen MR) is 88.3 cm³/mol. The van der Waals surface area contributed by atoms with E-state index in [0.717, 1.165) is 29.2 Å². The molecule has 1 aromatic rings. The lowest BCUT2D eigenvalue weighted by Crippen LogP contribution is -2.38. The Morgan fingerprint density at radius 2 is 1.80 bits per heavy atom. The molecule has 1 unspecified atom stereocenters. The summed E-state index contributed by atoms with van der Waals surface area (Å²) in [6, 6.07) is 8.89. The van der Waals surface area contributed by atoms with Gasteiger partial charge < -0.3 is 5.32 Å². The van der Waals surface area contributed by atoms with Crippen LogP contribution in [0.4, 0.5) is 0 Å². The molecule has 1 aliphatic rings. The second kappa shape index (κ2) is 7.47. The third-order valence-corrected chi connectivity index (χ3v) is 5.28. The van der Waals surface area contributed by atoms with E-state index in [4.69, 9.17) is 11.6 Å². The predicted octanol–water partition coefficient (Wildman–Crippen LogP) is 4.93. The minimum atomic E-state index is 0.585. The summed E-state index contributed by atoms with van der Waals surface area (Å²) >= 11 is 6.09. The van der Waals surface area contributed by atoms with Gasteiger partial charge in [-0.2, -0.15) is 0 Å². The maximum Gasteiger partial charge on any atom is 0.0408 e. The van der Waals surface area contributed by atoms with Crippen molar-refractivity contribution in [2.24, 2.45) is 17.8 Å². The summed E-state index contributed by atoms with van der Waals surface area (Å²) in [4.78, 5) is 0. The molecule has 1 N–H and O–H groups in total. The summed E-state index contributed by atoms with van der Waals surface area (Å²) in [5, 5.41) is 4.39. The standard InChI is InChI=1S/C18H28ClN/c1-13(2)15-7-9-16(10-8-15)18(20-3)12-14-5-4-6-17(19)11-14/h4-6,11,13,15-16,18,20H,7-10,12H2,1-3H3. The van der Waals surface area contributed by atoms with Crippen LogP contribution in [0, 0.1) is 17.8 Å². The lowest BCUT2D eigenvalue weighted by atomic mass is 9.73. The number of benzene rings is 1. The highest BCUT2D eigenvalue weighted by Crippen LogP contribution is 2.35. The Labute approximate surface area is 129 Å². The normalized spacial score (nSPS) is 24.9. The maximum atomic E-state index is 6.09. The fraction of sp³-hybridized carbons (Fsp3) is 0.667. The van der Waals surface area contributed by atoms with Crippen molar-refractivity contribution in [3.63, 3.8) is 0 Å². The van der Waals surface area contributed by atoms with Crippen LogP contribution in [-0.4, -0.2) is 13.1 Å². The van der Waals surface area contributed by atoms with Gasteiger partial charge in [0.1, 0.15) is 0 Å². The van der Waals surface area contributed by atoms with Crippen LogP contribution in [0.2, 0.25) is 5.02 Å². The lowest BCUT2D eigenvalue weighted by molar-refractivity contribution is 0.191. The Morgan fingerprint density at radius 1 is 1.15 bits per heavy atom. The summed E-state index contributed by atoms with van der Waals surface area (Å²) < 4.78 is 0. The highest BCUT2D eigenvalue weighted by Gasteiger charge is 2.28. The molecule has 1 fully saturated rings. The van der Waals surface area contributed by atoms with Gasteiger partial charge in [-0.15, -0.1) is 0 Å². The molecule has 1 aromatic carbocycles. The van der Waals surface area contributed by atoms with Gasteiger partial charge in [-0.05, 0) is 74.6 Å². The minimum absolute atomic E-state index is 0.585. The molecule has 20 heavy (non-hydrogen) atoms. The molecule has 1 nitrogen and oxygen atoms in total. The largest absolute Gasteiger partial charge is 0.316 e. The number of likely N-dealkylation sites (N-methyl/N-ethyl adjacent to an activating group) is 1. The van der Waals surface area contributed by atoms with Crippen molar-refractivity contribution in [1.29, 1.82) is 0 Å². The first-order valence-corrected chi connectivity index (χ1v) is 8.39. The number of hydrogen-bond donors (Lipinski definition) is 1. The molecule has 0 bridgehead atoms. The molecule has 0 aliphatic heterocycles. The van der Waals surface area contributed by atoms with Gasteiger partial charge in [0.05, 0.1) is 0 Å². The number of hydrogen-bond acceptors (Lipinski definition) is 1. The van der Waals surface area contributed by atoms with E-state index in [-0.39, 0.29) is 0 Å². The van der Waals surface area contributed by atoms with Gasteiger partial charge in [-0.3, -0.25) is 0 Å². The molecular weight excluding hydrogens is 266 g/mol. The molecule has 2 heteroatoms. The van der Waals surface area contributed by atoms with Crippen LogP contribution in [0.5, 0.6) is 0 Å². The number of nitrogens with one attached hydrogen (secondary N) is 1. The first-order valence-electron chi connectivity index (χ1n) is 8.02. The van der Waals surface area contributed by atoms with E-state index in [1.54, 1.807) is 0 Å².